The van der Waals surface area contributed by atoms with Crippen LogP contribution < -0.4 is 20.2 Å². The fraction of sp³-hybridized carbons (Fsp3) is 0.200. The lowest BCUT2D eigenvalue weighted by molar-refractivity contribution is 0.187. The van der Waals surface area contributed by atoms with Crippen molar-refractivity contribution in [2.45, 2.75) is 19.9 Å². The molecule has 1 atom stereocenters. The van der Waals surface area contributed by atoms with E-state index in [0.29, 0.717) is 11.5 Å². The van der Waals surface area contributed by atoms with Gasteiger partial charge in [-0.05, 0) is 66.9 Å². The molecule has 0 bridgehead atoms. The number of benzene rings is 3. The Kier molecular flexibility index (Phi) is 6.89. The van der Waals surface area contributed by atoms with E-state index in [0.717, 1.165) is 45.0 Å². The summed E-state index contributed by atoms with van der Waals surface area (Å²) in [6.07, 6.45) is 1.96. The second-order valence-electron chi connectivity index (χ2n) is 9.11. The van der Waals surface area contributed by atoms with E-state index in [1.54, 1.807) is 21.3 Å². The van der Waals surface area contributed by atoms with Crippen molar-refractivity contribution in [1.82, 2.24) is 25.5 Å². The normalized spacial score (nSPS) is 14.8. The maximum atomic E-state index is 12.8. The summed E-state index contributed by atoms with van der Waals surface area (Å²) < 4.78 is 13.1. The topological polar surface area (TPSA) is 80.7 Å². The number of aromatic nitrogens is 2. The van der Waals surface area contributed by atoms with Crippen LogP contribution in [0.25, 0.3) is 23.0 Å². The zero-order valence-electron chi connectivity index (χ0n) is 22.1. The third kappa shape index (κ3) is 4.62. The number of hydrazine groups is 1. The number of nitrogens with zero attached hydrogens (tertiary/aromatic N) is 3. The second-order valence-corrected chi connectivity index (χ2v) is 9.11. The monoisotopic (exact) mass is 509 g/mol. The van der Waals surface area contributed by atoms with Crippen molar-refractivity contribution in [1.29, 1.82) is 0 Å². The molecule has 1 unspecified atom stereocenters. The van der Waals surface area contributed by atoms with Gasteiger partial charge >= 0.3 is 6.03 Å². The third-order valence-electron chi connectivity index (χ3n) is 6.72. The number of rotatable bonds is 5. The van der Waals surface area contributed by atoms with Gasteiger partial charge in [-0.1, -0.05) is 42.5 Å². The van der Waals surface area contributed by atoms with Crippen molar-refractivity contribution in [3.63, 3.8) is 0 Å². The molecule has 38 heavy (non-hydrogen) atoms. The molecule has 2 heterocycles. The van der Waals surface area contributed by atoms with Gasteiger partial charge in [-0.2, -0.15) is 5.10 Å². The molecule has 4 aromatic rings. The van der Waals surface area contributed by atoms with Gasteiger partial charge in [0, 0.05) is 24.0 Å². The summed E-state index contributed by atoms with van der Waals surface area (Å²) in [6.45, 7) is 3.94. The minimum absolute atomic E-state index is 0.257. The highest BCUT2D eigenvalue weighted by Crippen LogP contribution is 2.38. The summed E-state index contributed by atoms with van der Waals surface area (Å²) in [5.74, 6) is 1.25. The van der Waals surface area contributed by atoms with Crippen LogP contribution in [0, 0.1) is 6.92 Å². The van der Waals surface area contributed by atoms with E-state index >= 15 is 0 Å². The predicted octanol–water partition coefficient (Wildman–Crippen LogP) is 5.47. The molecule has 0 spiro atoms. The van der Waals surface area contributed by atoms with Gasteiger partial charge in [0.15, 0.2) is 11.5 Å². The van der Waals surface area contributed by atoms with Crippen LogP contribution in [-0.2, 0) is 0 Å². The number of methoxy groups -OCH3 is 2. The van der Waals surface area contributed by atoms with E-state index in [2.05, 4.69) is 41.1 Å². The Morgan fingerprint density at radius 1 is 0.947 bits per heavy atom. The van der Waals surface area contributed by atoms with E-state index in [4.69, 9.17) is 14.6 Å². The lowest BCUT2D eigenvalue weighted by Crippen LogP contribution is -2.47. The first kappa shape index (κ1) is 25.1. The Balaban J connectivity index is 1.55. The number of hydrogen-bond acceptors (Lipinski definition) is 5. The fourth-order valence-corrected chi connectivity index (χ4v) is 4.75. The standard InChI is InChI=1S/C30H31N5O3/c1-19-15-23-17-27(37-4)28(38-5)18-25(23)29(33-35(19)30(36)31-3)22-11-13-24(14-12-22)34-20(2)16-26(32-34)21-9-7-6-8-10-21/h6-18,29,33H,1-5H3,(H,31,36). The lowest BCUT2D eigenvalue weighted by atomic mass is 9.94. The molecule has 0 fully saturated rings. The maximum absolute atomic E-state index is 12.8. The summed E-state index contributed by atoms with van der Waals surface area (Å²) in [5.41, 5.74) is 11.0. The molecule has 0 saturated heterocycles. The minimum atomic E-state index is -0.330. The Hall–Kier alpha value is -4.56. The van der Waals surface area contributed by atoms with Crippen molar-refractivity contribution in [3.8, 4) is 28.4 Å². The smallest absolute Gasteiger partial charge is 0.335 e. The highest BCUT2D eigenvalue weighted by Gasteiger charge is 2.28. The Labute approximate surface area is 222 Å². The minimum Gasteiger partial charge on any atom is -0.493 e. The maximum Gasteiger partial charge on any atom is 0.335 e. The molecular weight excluding hydrogens is 478 g/mol. The molecule has 5 rings (SSSR count). The number of urea groups is 1. The van der Waals surface area contributed by atoms with E-state index in [9.17, 15) is 4.79 Å². The summed E-state index contributed by atoms with van der Waals surface area (Å²) in [6, 6.07) is 23.7. The fourth-order valence-electron chi connectivity index (χ4n) is 4.75. The number of carbonyl (C=O) groups is 1. The number of aryl methyl sites for hydroxylation is 1. The van der Waals surface area contributed by atoms with Gasteiger partial charge < -0.3 is 14.8 Å². The van der Waals surface area contributed by atoms with E-state index < -0.39 is 0 Å². The number of nitrogens with one attached hydrogen (secondary N) is 2. The number of hydrogen-bond donors (Lipinski definition) is 2. The van der Waals surface area contributed by atoms with E-state index in [1.807, 2.05) is 67.1 Å². The predicted molar refractivity (Wildman–Crippen MR) is 148 cm³/mol. The summed E-state index contributed by atoms with van der Waals surface area (Å²) in [7, 11) is 4.84. The first-order chi connectivity index (χ1) is 18.4. The zero-order valence-corrected chi connectivity index (χ0v) is 22.1. The van der Waals surface area contributed by atoms with Crippen LogP contribution in [-0.4, -0.2) is 42.1 Å². The van der Waals surface area contributed by atoms with Crippen molar-refractivity contribution in [2.24, 2.45) is 0 Å². The highest BCUT2D eigenvalue weighted by molar-refractivity contribution is 5.78. The van der Waals surface area contributed by atoms with Gasteiger partial charge in [0.25, 0.3) is 0 Å². The number of carbonyl (C=O) groups excluding carboxylic acids is 1. The summed E-state index contributed by atoms with van der Waals surface area (Å²) in [5, 5.41) is 9.08. The van der Waals surface area contributed by atoms with Crippen LogP contribution in [0.1, 0.15) is 35.3 Å². The van der Waals surface area contributed by atoms with Crippen LogP contribution in [0.3, 0.4) is 0 Å². The molecule has 8 heteroatoms. The average Bonchev–Trinajstić information content (AvgIpc) is 3.28. The number of allylic oxidation sites excluding steroid dienone is 1. The van der Waals surface area contributed by atoms with Crippen molar-refractivity contribution in [2.75, 3.05) is 21.3 Å². The Morgan fingerprint density at radius 3 is 2.29 bits per heavy atom. The summed E-state index contributed by atoms with van der Waals surface area (Å²) in [4.78, 5) is 12.8. The molecule has 1 aliphatic rings. The molecule has 8 nitrogen and oxygen atoms in total. The van der Waals surface area contributed by atoms with Crippen molar-refractivity contribution < 1.29 is 14.3 Å². The molecule has 0 aliphatic carbocycles. The second kappa shape index (κ2) is 10.4. The highest BCUT2D eigenvalue weighted by atomic mass is 16.5. The Bertz CT molecular complexity index is 1490. The van der Waals surface area contributed by atoms with Crippen LogP contribution in [0.5, 0.6) is 11.5 Å². The van der Waals surface area contributed by atoms with Gasteiger partial charge in [0.05, 0.1) is 31.6 Å². The lowest BCUT2D eigenvalue weighted by Gasteiger charge is -2.28. The molecule has 194 valence electrons. The molecule has 1 aromatic heterocycles. The SMILES string of the molecule is CNC(=O)N1NC(c2ccc(-n3nc(-c4ccccc4)cc3C)cc2)c2cc(OC)c(OC)cc2C=C1C. The molecule has 1 aliphatic heterocycles. The summed E-state index contributed by atoms with van der Waals surface area (Å²) >= 11 is 0. The molecule has 2 N–H and O–H groups in total. The Morgan fingerprint density at radius 2 is 1.63 bits per heavy atom. The van der Waals surface area contributed by atoms with Crippen molar-refractivity contribution >= 4 is 12.1 Å². The van der Waals surface area contributed by atoms with Gasteiger partial charge in [-0.15, -0.1) is 0 Å². The van der Waals surface area contributed by atoms with Crippen LogP contribution in [0.2, 0.25) is 0 Å². The van der Waals surface area contributed by atoms with Gasteiger partial charge in [0.1, 0.15) is 0 Å². The molecule has 2 amide bonds. The van der Waals surface area contributed by atoms with Gasteiger partial charge in [0.2, 0.25) is 0 Å². The van der Waals surface area contributed by atoms with E-state index in [-0.39, 0.29) is 12.1 Å². The quantitative estimate of drug-likeness (QED) is 0.373. The van der Waals surface area contributed by atoms with Crippen LogP contribution in [0.15, 0.2) is 78.5 Å². The molecular formula is C30H31N5O3. The number of fused-ring (bicyclic) bond motifs is 1. The van der Waals surface area contributed by atoms with E-state index in [1.165, 1.54) is 5.01 Å². The molecule has 0 radical (unpaired) electrons. The number of ether oxygens (including phenoxy) is 2. The zero-order chi connectivity index (χ0) is 26.8. The first-order valence-corrected chi connectivity index (χ1v) is 12.4. The average molecular weight is 510 g/mol. The van der Waals surface area contributed by atoms with Gasteiger partial charge in [-0.25, -0.2) is 19.9 Å². The first-order valence-electron chi connectivity index (χ1n) is 12.4. The molecule has 3 aromatic carbocycles. The largest absolute Gasteiger partial charge is 0.493 e. The molecule has 0 saturated carbocycles. The third-order valence-corrected chi connectivity index (χ3v) is 6.72. The van der Waals surface area contributed by atoms with Gasteiger partial charge in [-0.3, -0.25) is 0 Å². The van der Waals surface area contributed by atoms with Crippen molar-refractivity contribution in [3.05, 3.63) is 101 Å². The number of amides is 2. The van der Waals surface area contributed by atoms with Crippen LogP contribution >= 0.6 is 0 Å². The van der Waals surface area contributed by atoms with Crippen LogP contribution in [0.4, 0.5) is 4.79 Å².